The fourth-order valence-corrected chi connectivity index (χ4v) is 4.47. The van der Waals surface area contributed by atoms with Crippen LogP contribution in [0.25, 0.3) is 0 Å². The van der Waals surface area contributed by atoms with Gasteiger partial charge in [-0.1, -0.05) is 55.6 Å². The summed E-state index contributed by atoms with van der Waals surface area (Å²) in [4.78, 5) is 29.3. The summed E-state index contributed by atoms with van der Waals surface area (Å²) < 4.78 is 5.25. The summed E-state index contributed by atoms with van der Waals surface area (Å²) >= 11 is 18.7. The van der Waals surface area contributed by atoms with Crippen molar-refractivity contribution < 1.29 is 14.3 Å². The molecule has 0 aliphatic carbocycles. The van der Waals surface area contributed by atoms with Crippen LogP contribution in [0.4, 0.5) is 11.4 Å². The molecule has 1 aliphatic rings. The average molecular weight is 499 g/mol. The summed E-state index contributed by atoms with van der Waals surface area (Å²) in [5.41, 5.74) is 1.22. The number of anilines is 2. The second-order valence-corrected chi connectivity index (χ2v) is 9.87. The van der Waals surface area contributed by atoms with Crippen molar-refractivity contribution in [1.29, 1.82) is 0 Å². The summed E-state index contributed by atoms with van der Waals surface area (Å²) in [5.74, 6) is -0.0128. The van der Waals surface area contributed by atoms with E-state index in [2.05, 4.69) is 10.2 Å². The molecule has 6 nitrogen and oxygen atoms in total. The van der Waals surface area contributed by atoms with Crippen molar-refractivity contribution in [3.8, 4) is 5.75 Å². The fourth-order valence-electron chi connectivity index (χ4n) is 3.60. The van der Waals surface area contributed by atoms with Gasteiger partial charge in [-0.05, 0) is 30.3 Å². The maximum absolute atomic E-state index is 12.8. The number of carbonyl (C=O) groups excluding carboxylic acids is 2. The Morgan fingerprint density at radius 2 is 1.62 bits per heavy atom. The van der Waals surface area contributed by atoms with Gasteiger partial charge >= 0.3 is 0 Å². The van der Waals surface area contributed by atoms with Crippen LogP contribution < -0.4 is 15.0 Å². The Hall–Kier alpha value is -2.15. The number of piperazine rings is 1. The third kappa shape index (κ3) is 5.42. The molecule has 2 aromatic rings. The molecule has 0 saturated carbocycles. The maximum atomic E-state index is 12.8. The van der Waals surface area contributed by atoms with E-state index in [0.717, 1.165) is 5.69 Å². The largest absolute Gasteiger partial charge is 0.494 e. The van der Waals surface area contributed by atoms with Gasteiger partial charge in [0.1, 0.15) is 5.75 Å². The number of nitrogens with one attached hydrogen (secondary N) is 1. The first-order valence-electron chi connectivity index (χ1n) is 10.2. The van der Waals surface area contributed by atoms with E-state index in [-0.39, 0.29) is 22.2 Å². The highest BCUT2D eigenvalue weighted by Crippen LogP contribution is 2.34. The first-order valence-corrected chi connectivity index (χ1v) is 11.3. The van der Waals surface area contributed by atoms with Crippen LogP contribution in [0.2, 0.25) is 15.1 Å². The number of carbonyl (C=O) groups is 2. The van der Waals surface area contributed by atoms with E-state index in [1.165, 1.54) is 19.2 Å². The van der Waals surface area contributed by atoms with E-state index in [0.29, 0.717) is 41.9 Å². The summed E-state index contributed by atoms with van der Waals surface area (Å²) in [6.45, 7) is 8.44. The van der Waals surface area contributed by atoms with Gasteiger partial charge in [-0.3, -0.25) is 9.59 Å². The highest BCUT2D eigenvalue weighted by molar-refractivity contribution is 6.36. The summed E-state index contributed by atoms with van der Waals surface area (Å²) in [6, 6.07) is 8.35. The van der Waals surface area contributed by atoms with Gasteiger partial charge in [-0.2, -0.15) is 0 Å². The van der Waals surface area contributed by atoms with Crippen molar-refractivity contribution in [2.24, 2.45) is 5.41 Å². The monoisotopic (exact) mass is 497 g/mol. The molecular weight excluding hydrogens is 473 g/mol. The van der Waals surface area contributed by atoms with E-state index < -0.39 is 11.3 Å². The van der Waals surface area contributed by atoms with Gasteiger partial charge in [0, 0.05) is 42.3 Å². The Labute approximate surface area is 203 Å². The van der Waals surface area contributed by atoms with E-state index in [9.17, 15) is 9.59 Å². The zero-order chi connectivity index (χ0) is 23.6. The molecule has 0 unspecified atom stereocenters. The molecule has 32 heavy (non-hydrogen) atoms. The normalized spacial score (nSPS) is 14.3. The molecule has 2 aromatic carbocycles. The summed E-state index contributed by atoms with van der Waals surface area (Å²) in [6.07, 6.45) is 0. The maximum Gasteiger partial charge on any atom is 0.259 e. The number of rotatable bonds is 4. The van der Waals surface area contributed by atoms with Crippen LogP contribution in [0.1, 0.15) is 31.1 Å². The second kappa shape index (κ2) is 9.77. The summed E-state index contributed by atoms with van der Waals surface area (Å²) in [7, 11) is 1.44. The standard InChI is InChI=1S/C23H26Cl3N3O3/c1-23(2,3)22(31)29-9-7-28(8-10-29)19-6-5-15(13-17(19)25)27-21(30)16-11-14(24)12-18(26)20(16)32-4/h5-6,11-13H,7-10H2,1-4H3,(H,27,30). The van der Waals surface area contributed by atoms with Gasteiger partial charge in [0.25, 0.3) is 5.91 Å². The van der Waals surface area contributed by atoms with Crippen molar-refractivity contribution in [2.45, 2.75) is 20.8 Å². The molecule has 1 heterocycles. The van der Waals surface area contributed by atoms with Gasteiger partial charge in [-0.25, -0.2) is 0 Å². The number of halogens is 3. The van der Waals surface area contributed by atoms with Gasteiger partial charge < -0.3 is 19.9 Å². The molecule has 0 radical (unpaired) electrons. The van der Waals surface area contributed by atoms with E-state index in [4.69, 9.17) is 39.5 Å². The molecule has 1 fully saturated rings. The van der Waals surface area contributed by atoms with Gasteiger partial charge in [0.05, 0.1) is 28.4 Å². The van der Waals surface area contributed by atoms with E-state index in [1.807, 2.05) is 31.7 Å². The third-order valence-corrected chi connectivity index (χ3v) is 6.01. The lowest BCUT2D eigenvalue weighted by atomic mass is 9.94. The molecule has 0 aromatic heterocycles. The lowest BCUT2D eigenvalue weighted by molar-refractivity contribution is -0.139. The Kier molecular flexibility index (Phi) is 7.48. The molecule has 172 valence electrons. The zero-order valence-electron chi connectivity index (χ0n) is 18.5. The molecule has 0 spiro atoms. The van der Waals surface area contributed by atoms with Crippen molar-refractivity contribution >= 4 is 58.0 Å². The molecule has 1 saturated heterocycles. The Morgan fingerprint density at radius 3 is 2.19 bits per heavy atom. The van der Waals surface area contributed by atoms with Gasteiger partial charge in [-0.15, -0.1) is 0 Å². The van der Waals surface area contributed by atoms with Crippen LogP contribution in [0.3, 0.4) is 0 Å². The smallest absolute Gasteiger partial charge is 0.259 e. The summed E-state index contributed by atoms with van der Waals surface area (Å²) in [5, 5.41) is 3.90. The van der Waals surface area contributed by atoms with Crippen molar-refractivity contribution in [1.82, 2.24) is 4.90 Å². The van der Waals surface area contributed by atoms with Crippen LogP contribution >= 0.6 is 34.8 Å². The third-order valence-electron chi connectivity index (χ3n) is 5.21. The molecule has 1 aliphatic heterocycles. The molecule has 3 rings (SSSR count). The topological polar surface area (TPSA) is 61.9 Å². The Bertz CT molecular complexity index is 1030. The minimum atomic E-state index is -0.413. The predicted molar refractivity (Wildman–Crippen MR) is 131 cm³/mol. The van der Waals surface area contributed by atoms with Crippen LogP contribution in [-0.2, 0) is 4.79 Å². The van der Waals surface area contributed by atoms with Crippen LogP contribution in [0, 0.1) is 5.41 Å². The highest BCUT2D eigenvalue weighted by Gasteiger charge is 2.30. The fraction of sp³-hybridized carbons (Fsp3) is 0.391. The van der Waals surface area contributed by atoms with E-state index in [1.54, 1.807) is 12.1 Å². The minimum absolute atomic E-state index is 0.151. The molecule has 0 bridgehead atoms. The first kappa shape index (κ1) is 24.5. The predicted octanol–water partition coefficient (Wildman–Crippen LogP) is 5.60. The van der Waals surface area contributed by atoms with Crippen LogP contribution in [0.15, 0.2) is 30.3 Å². The SMILES string of the molecule is COc1c(Cl)cc(Cl)cc1C(=O)Nc1ccc(N2CCN(C(=O)C(C)(C)C)CC2)c(Cl)c1. The van der Waals surface area contributed by atoms with Gasteiger partial charge in [0.15, 0.2) is 0 Å². The second-order valence-electron chi connectivity index (χ2n) is 8.62. The lowest BCUT2D eigenvalue weighted by Crippen LogP contribution is -2.51. The van der Waals surface area contributed by atoms with Gasteiger partial charge in [0.2, 0.25) is 5.91 Å². The van der Waals surface area contributed by atoms with Crippen molar-refractivity contribution in [3.63, 3.8) is 0 Å². The Morgan fingerprint density at radius 1 is 0.969 bits per heavy atom. The number of benzene rings is 2. The van der Waals surface area contributed by atoms with Crippen LogP contribution in [0.5, 0.6) is 5.75 Å². The lowest BCUT2D eigenvalue weighted by Gasteiger charge is -2.39. The Balaban J connectivity index is 1.70. The molecule has 0 atom stereocenters. The molecule has 2 amide bonds. The zero-order valence-corrected chi connectivity index (χ0v) is 20.7. The number of ether oxygens (including phenoxy) is 1. The number of nitrogens with zero attached hydrogens (tertiary/aromatic N) is 2. The van der Waals surface area contributed by atoms with Crippen molar-refractivity contribution in [3.05, 3.63) is 51.0 Å². The molecular formula is C23H26Cl3N3O3. The van der Waals surface area contributed by atoms with E-state index >= 15 is 0 Å². The van der Waals surface area contributed by atoms with Crippen molar-refractivity contribution in [2.75, 3.05) is 43.5 Å². The quantitative estimate of drug-likeness (QED) is 0.596. The molecule has 1 N–H and O–H groups in total. The molecule has 9 heteroatoms. The van der Waals surface area contributed by atoms with Crippen LogP contribution in [-0.4, -0.2) is 50.0 Å². The first-order chi connectivity index (χ1) is 15.0. The highest BCUT2D eigenvalue weighted by atomic mass is 35.5. The number of hydrogen-bond acceptors (Lipinski definition) is 4. The average Bonchev–Trinajstić information content (AvgIpc) is 2.72. The number of methoxy groups -OCH3 is 1. The minimum Gasteiger partial charge on any atom is -0.494 e. The number of hydrogen-bond donors (Lipinski definition) is 1. The number of amides is 2.